The van der Waals surface area contributed by atoms with Crippen LogP contribution in [0.15, 0.2) is 36.8 Å². The van der Waals surface area contributed by atoms with Gasteiger partial charge in [-0.2, -0.15) is 0 Å². The Labute approximate surface area is 439 Å². The lowest BCUT2D eigenvalue weighted by atomic mass is 10.0. The molecule has 8 atom stereocenters. The van der Waals surface area contributed by atoms with E-state index in [0.29, 0.717) is 5.56 Å². The molecule has 0 spiro atoms. The summed E-state index contributed by atoms with van der Waals surface area (Å²) in [6, 6.07) is -7.87. The number of hydrogen-bond acceptors (Lipinski definition) is 17. The predicted molar refractivity (Wildman–Crippen MR) is 262 cm³/mol. The fraction of sp³-hybridized carbons (Fsp3) is 0.522. The van der Waals surface area contributed by atoms with Crippen LogP contribution in [0.2, 0.25) is 0 Å². The van der Waals surface area contributed by atoms with Crippen LogP contribution >= 0.6 is 0 Å². The standard InChI is InChI=1S/C46H66N12O19/c1-21(2)37(57-32(61)16-47)45(75)55-28(13-23-5-7-25(60)8-6-23)42(72)54-30(15-36(67)68)39(69)49-18-33(62)51-26(9-11-34(63)64)40(70)52-27(10-12-35(65)66)41(71)53-29(14-24-17-48-20-50-24)43(73)56-31(19-59)44(74)58-38(22(3)4)46(76)77/h5-8,17,20-22,26-31,37-38,59-60H,9-16,18-19,47H2,1-4H3,(H,48,50)(H,49,69)(H,51,62)(H,52,70)(H,53,71)(H,54,72)(H,55,75)(H,56,73)(H,57,61)(H,58,74)(H,63,64)(H,65,66)(H,67,68)(H,76,77)/t26-,27-,28-,29-,30-,31-,37-,38-/m0/s1. The Morgan fingerprint density at radius 1 is 0.545 bits per heavy atom. The molecule has 0 unspecified atom stereocenters. The second kappa shape index (κ2) is 31.9. The van der Waals surface area contributed by atoms with E-state index in [2.05, 4.69) is 57.8 Å². The lowest BCUT2D eigenvalue weighted by Gasteiger charge is -2.27. The summed E-state index contributed by atoms with van der Waals surface area (Å²) in [4.78, 5) is 174. The molecule has 0 bridgehead atoms. The lowest BCUT2D eigenvalue weighted by molar-refractivity contribution is -0.144. The summed E-state index contributed by atoms with van der Waals surface area (Å²) in [5.74, 6) is -17.2. The highest BCUT2D eigenvalue weighted by Crippen LogP contribution is 2.13. The summed E-state index contributed by atoms with van der Waals surface area (Å²) < 4.78 is 0. The zero-order chi connectivity index (χ0) is 58.1. The van der Waals surface area contributed by atoms with Crippen molar-refractivity contribution in [2.24, 2.45) is 17.6 Å². The molecule has 0 radical (unpaired) electrons. The summed E-state index contributed by atoms with van der Waals surface area (Å²) in [6.07, 6.45) is -2.24. The third kappa shape index (κ3) is 23.1. The molecule has 2 aromatic rings. The molecule has 18 N–H and O–H groups in total. The molecule has 0 aliphatic rings. The highest BCUT2D eigenvalue weighted by atomic mass is 16.4. The van der Waals surface area contributed by atoms with Crippen LogP contribution in [-0.4, -0.2) is 186 Å². The molecule has 0 aliphatic carbocycles. The maximum absolute atomic E-state index is 13.9. The van der Waals surface area contributed by atoms with Crippen LogP contribution in [-0.2, 0) is 75.2 Å². The molecule has 1 aromatic heterocycles. The van der Waals surface area contributed by atoms with Crippen molar-refractivity contribution >= 4 is 77.0 Å². The zero-order valence-corrected chi connectivity index (χ0v) is 42.3. The number of phenolic OH excluding ortho intramolecular Hbond substituents is 1. The number of aliphatic hydroxyl groups excluding tert-OH is 1. The van der Waals surface area contributed by atoms with Gasteiger partial charge in [0.2, 0.25) is 53.2 Å². The average molecular weight is 1090 g/mol. The number of carboxylic acid groups (broad SMARTS) is 4. The van der Waals surface area contributed by atoms with Crippen molar-refractivity contribution < 1.29 is 93.0 Å². The molecule has 424 valence electrons. The molecule has 0 aliphatic heterocycles. The number of phenols is 1. The fourth-order valence-corrected chi connectivity index (χ4v) is 6.98. The second-order valence-electron chi connectivity index (χ2n) is 18.0. The van der Waals surface area contributed by atoms with Crippen LogP contribution in [0.5, 0.6) is 5.75 Å². The van der Waals surface area contributed by atoms with Crippen LogP contribution < -0.4 is 53.6 Å². The van der Waals surface area contributed by atoms with Crippen LogP contribution in [0.1, 0.15) is 71.1 Å². The predicted octanol–water partition coefficient (Wildman–Crippen LogP) is -5.55. The highest BCUT2D eigenvalue weighted by Gasteiger charge is 2.35. The van der Waals surface area contributed by atoms with E-state index in [9.17, 15) is 93.0 Å². The number of H-pyrrole nitrogens is 1. The number of imidazole rings is 1. The van der Waals surface area contributed by atoms with Crippen molar-refractivity contribution in [3.05, 3.63) is 48.0 Å². The first-order chi connectivity index (χ1) is 36.1. The Balaban J connectivity index is 2.35. The molecule has 2 rings (SSSR count). The molecule has 0 fully saturated rings. The normalized spacial score (nSPS) is 14.1. The summed E-state index contributed by atoms with van der Waals surface area (Å²) in [7, 11) is 0. The lowest BCUT2D eigenvalue weighted by Crippen LogP contribution is -2.60. The van der Waals surface area contributed by atoms with Crippen molar-refractivity contribution in [2.75, 3.05) is 19.7 Å². The SMILES string of the molecule is CC(C)[C@H](NC(=O)[C@H](CO)NC(=O)[C@H](Cc1cnc[nH]1)NC(=O)[C@H](CCC(=O)O)NC(=O)[C@H](CCC(=O)O)NC(=O)CNC(=O)[C@H](CC(=O)O)NC(=O)[C@H](Cc1ccc(O)cc1)NC(=O)[C@@H](NC(=O)CN)C(C)C)C(=O)O. The maximum atomic E-state index is 13.9. The van der Waals surface area contributed by atoms with Gasteiger partial charge in [0, 0.05) is 37.6 Å². The number of aromatic hydroxyl groups is 1. The summed E-state index contributed by atoms with van der Waals surface area (Å²) >= 11 is 0. The van der Waals surface area contributed by atoms with Crippen LogP contribution in [0.25, 0.3) is 0 Å². The van der Waals surface area contributed by atoms with Gasteiger partial charge in [-0.1, -0.05) is 39.8 Å². The summed E-state index contributed by atoms with van der Waals surface area (Å²) in [5.41, 5.74) is 5.98. The minimum Gasteiger partial charge on any atom is -0.508 e. The number of nitrogens with one attached hydrogen (secondary N) is 10. The van der Waals surface area contributed by atoms with Gasteiger partial charge < -0.3 is 89.2 Å². The number of carboxylic acids is 4. The van der Waals surface area contributed by atoms with Gasteiger partial charge in [-0.3, -0.25) is 57.5 Å². The molecule has 1 aromatic carbocycles. The number of aromatic amines is 1. The quantitative estimate of drug-likeness (QED) is 0.0311. The maximum Gasteiger partial charge on any atom is 0.326 e. The number of hydrogen-bond donors (Lipinski definition) is 17. The molecule has 77 heavy (non-hydrogen) atoms. The van der Waals surface area contributed by atoms with Crippen molar-refractivity contribution in [3.63, 3.8) is 0 Å². The number of benzene rings is 1. The minimum absolute atomic E-state index is 0.140. The monoisotopic (exact) mass is 1090 g/mol. The smallest absolute Gasteiger partial charge is 0.326 e. The molecular weight excluding hydrogens is 1020 g/mol. The molecular formula is C46H66N12O19. The number of nitrogens with zero attached hydrogens (tertiary/aromatic N) is 1. The van der Waals surface area contributed by atoms with Crippen LogP contribution in [0, 0.1) is 11.8 Å². The van der Waals surface area contributed by atoms with Gasteiger partial charge >= 0.3 is 23.9 Å². The largest absolute Gasteiger partial charge is 0.508 e. The van der Waals surface area contributed by atoms with E-state index in [1.165, 1.54) is 50.6 Å². The molecule has 0 saturated heterocycles. The molecule has 9 amide bonds. The Morgan fingerprint density at radius 3 is 1.51 bits per heavy atom. The first-order valence-electron chi connectivity index (χ1n) is 23.8. The molecule has 0 saturated carbocycles. The number of aliphatic carboxylic acids is 4. The van der Waals surface area contributed by atoms with E-state index in [1.54, 1.807) is 13.8 Å². The van der Waals surface area contributed by atoms with E-state index in [4.69, 9.17) is 5.73 Å². The van der Waals surface area contributed by atoms with Gasteiger partial charge in [-0.15, -0.1) is 0 Å². The van der Waals surface area contributed by atoms with Gasteiger partial charge in [0.05, 0.1) is 32.4 Å². The number of aromatic nitrogens is 2. The van der Waals surface area contributed by atoms with E-state index in [-0.39, 0.29) is 17.9 Å². The van der Waals surface area contributed by atoms with Gasteiger partial charge in [-0.05, 0) is 42.4 Å². The third-order valence-electron chi connectivity index (χ3n) is 11.1. The first-order valence-corrected chi connectivity index (χ1v) is 23.8. The van der Waals surface area contributed by atoms with Gasteiger partial charge in [-0.25, -0.2) is 9.78 Å². The van der Waals surface area contributed by atoms with Gasteiger partial charge in [0.1, 0.15) is 54.1 Å². The van der Waals surface area contributed by atoms with Gasteiger partial charge in [0.15, 0.2) is 0 Å². The molecule has 31 heteroatoms. The van der Waals surface area contributed by atoms with Crippen molar-refractivity contribution in [1.82, 2.24) is 57.8 Å². The van der Waals surface area contributed by atoms with E-state index >= 15 is 0 Å². The average Bonchev–Trinajstić information content (AvgIpc) is 3.88. The molecule has 31 nitrogen and oxygen atoms in total. The van der Waals surface area contributed by atoms with E-state index in [0.717, 1.165) is 0 Å². The summed E-state index contributed by atoms with van der Waals surface area (Å²) in [6.45, 7) is 3.58. The third-order valence-corrected chi connectivity index (χ3v) is 11.1. The van der Waals surface area contributed by atoms with Crippen LogP contribution in [0.4, 0.5) is 0 Å². The number of amides is 9. The van der Waals surface area contributed by atoms with E-state index in [1.807, 2.05) is 0 Å². The topological polar surface area (TPSA) is 506 Å². The van der Waals surface area contributed by atoms with Crippen molar-refractivity contribution in [3.8, 4) is 5.75 Å². The highest BCUT2D eigenvalue weighted by molar-refractivity contribution is 5.99. The minimum atomic E-state index is -1.94. The molecule has 1 heterocycles. The Kier molecular flexibility index (Phi) is 26.6. The Hall–Kier alpha value is -8.74. The van der Waals surface area contributed by atoms with Gasteiger partial charge in [0.25, 0.3) is 0 Å². The van der Waals surface area contributed by atoms with E-state index < -0.39 is 195 Å². The second-order valence-corrected chi connectivity index (χ2v) is 18.0. The van der Waals surface area contributed by atoms with Crippen molar-refractivity contribution in [2.45, 2.75) is 121 Å². The Bertz CT molecular complexity index is 2420. The first kappa shape index (κ1) is 64.4. The Morgan fingerprint density at radius 2 is 1.03 bits per heavy atom. The number of nitrogens with two attached hydrogens (primary N) is 1. The zero-order valence-electron chi connectivity index (χ0n) is 42.3. The number of rotatable bonds is 34. The van der Waals surface area contributed by atoms with Crippen LogP contribution in [0.3, 0.4) is 0 Å². The number of aliphatic hydroxyl groups is 1. The fourth-order valence-electron chi connectivity index (χ4n) is 6.98. The van der Waals surface area contributed by atoms with Crippen molar-refractivity contribution in [1.29, 1.82) is 0 Å². The number of carbonyl (C=O) groups excluding carboxylic acids is 9. The summed E-state index contributed by atoms with van der Waals surface area (Å²) in [5, 5.41) is 78.1. The number of carbonyl (C=O) groups is 13.